The minimum Gasteiger partial charge on any atom is -0.134 e. The molecule has 0 fully saturated rings. The summed E-state index contributed by atoms with van der Waals surface area (Å²) >= 11 is 3.85. The number of fused-ring (bicyclic) bond motifs is 7. The molecule has 34 heavy (non-hydrogen) atoms. The second-order valence-corrected chi connectivity index (χ2v) is 11.0. The van der Waals surface area contributed by atoms with Crippen LogP contribution in [0, 0.1) is 0 Å². The summed E-state index contributed by atoms with van der Waals surface area (Å²) < 4.78 is 5.47. The highest BCUT2D eigenvalue weighted by atomic mass is 32.1. The third-order valence-electron chi connectivity index (χ3n) is 7.07. The van der Waals surface area contributed by atoms with Crippen LogP contribution in [0.25, 0.3) is 42.8 Å². The van der Waals surface area contributed by atoms with Crippen molar-refractivity contribution < 1.29 is 0 Å². The Labute approximate surface area is 205 Å². The lowest BCUT2D eigenvalue weighted by atomic mass is 10.0. The maximum atomic E-state index is 2.41. The summed E-state index contributed by atoms with van der Waals surface area (Å²) in [5.41, 5.74) is 13.6. The molecule has 0 nitrogen and oxygen atoms in total. The molecule has 0 radical (unpaired) electrons. The van der Waals surface area contributed by atoms with Crippen LogP contribution in [-0.2, 0) is 0 Å². The van der Waals surface area contributed by atoms with Gasteiger partial charge in [0.1, 0.15) is 0 Å². The highest BCUT2D eigenvalue weighted by Crippen LogP contribution is 2.44. The number of hydrogen-bond acceptors (Lipinski definition) is 2. The maximum absolute atomic E-state index is 2.41. The van der Waals surface area contributed by atoms with E-state index in [2.05, 4.69) is 109 Å². The minimum absolute atomic E-state index is 1.35. The Morgan fingerprint density at radius 1 is 0.324 bits per heavy atom. The zero-order chi connectivity index (χ0) is 22.2. The van der Waals surface area contributed by atoms with Crippen molar-refractivity contribution in [2.45, 2.75) is 0 Å². The van der Waals surface area contributed by atoms with Crippen LogP contribution in [-0.4, -0.2) is 0 Å². The van der Waals surface area contributed by atoms with E-state index in [1.165, 1.54) is 74.1 Å². The van der Waals surface area contributed by atoms with E-state index in [-0.39, 0.29) is 0 Å². The fourth-order valence-electron chi connectivity index (χ4n) is 5.65. The van der Waals surface area contributed by atoms with Crippen LogP contribution in [0.1, 0.15) is 22.3 Å². The molecule has 0 N–H and O–H groups in total. The Bertz CT molecular complexity index is 1640. The van der Waals surface area contributed by atoms with E-state index in [0.29, 0.717) is 0 Å². The van der Waals surface area contributed by atoms with Gasteiger partial charge in [-0.15, -0.1) is 22.7 Å². The van der Waals surface area contributed by atoms with Gasteiger partial charge in [0, 0.05) is 29.6 Å². The summed E-state index contributed by atoms with van der Waals surface area (Å²) in [6, 6.07) is 40.1. The first kappa shape index (κ1) is 18.7. The fourth-order valence-corrected chi connectivity index (χ4v) is 8.19. The quantitative estimate of drug-likeness (QED) is 0.218. The molecular weight excluding hydrogens is 448 g/mol. The van der Waals surface area contributed by atoms with E-state index < -0.39 is 0 Å². The van der Waals surface area contributed by atoms with Gasteiger partial charge in [0.2, 0.25) is 0 Å². The molecule has 0 aliphatic heterocycles. The third kappa shape index (κ3) is 2.47. The molecule has 2 aromatic heterocycles. The Hall–Kier alpha value is -3.72. The van der Waals surface area contributed by atoms with E-state index in [0.717, 1.165) is 0 Å². The van der Waals surface area contributed by atoms with E-state index >= 15 is 0 Å². The zero-order valence-corrected chi connectivity index (χ0v) is 19.8. The first-order valence-electron chi connectivity index (χ1n) is 11.5. The largest absolute Gasteiger partial charge is 0.134 e. The predicted molar refractivity (Wildman–Crippen MR) is 146 cm³/mol. The molecule has 0 saturated heterocycles. The summed E-state index contributed by atoms with van der Waals surface area (Å²) in [5.74, 6) is 0. The summed E-state index contributed by atoms with van der Waals surface area (Å²) in [4.78, 5) is 0. The van der Waals surface area contributed by atoms with Gasteiger partial charge in [-0.05, 0) is 56.6 Å². The highest BCUT2D eigenvalue weighted by Gasteiger charge is 2.25. The molecule has 8 rings (SSSR count). The fraction of sp³-hybridized carbons (Fsp3) is 0. The second kappa shape index (κ2) is 6.89. The molecule has 6 aromatic rings. The highest BCUT2D eigenvalue weighted by molar-refractivity contribution is 7.26. The van der Waals surface area contributed by atoms with Crippen LogP contribution >= 0.6 is 22.7 Å². The van der Waals surface area contributed by atoms with Gasteiger partial charge in [0.15, 0.2) is 0 Å². The maximum Gasteiger partial charge on any atom is 0.0463 e. The molecule has 0 spiro atoms. The van der Waals surface area contributed by atoms with Gasteiger partial charge in [-0.25, -0.2) is 0 Å². The average molecular weight is 467 g/mol. The number of thiophene rings is 2. The number of hydrogen-bond donors (Lipinski definition) is 0. The SMILES string of the molecule is c1ccc2c(c1)C(=c1cc3sc(=C4c5ccccc5-c5ccccc54)cc3s1)c1ccccc1-2. The first-order valence-corrected chi connectivity index (χ1v) is 13.2. The Kier molecular flexibility index (Phi) is 3.79. The number of benzene rings is 4. The van der Waals surface area contributed by atoms with Crippen molar-refractivity contribution in [3.63, 3.8) is 0 Å². The third-order valence-corrected chi connectivity index (χ3v) is 9.39. The molecule has 0 unspecified atom stereocenters. The Morgan fingerprint density at radius 2 is 0.588 bits per heavy atom. The van der Waals surface area contributed by atoms with E-state index in [1.54, 1.807) is 0 Å². The van der Waals surface area contributed by atoms with Crippen molar-refractivity contribution in [2.75, 3.05) is 0 Å². The van der Waals surface area contributed by atoms with Crippen LogP contribution < -0.4 is 9.06 Å². The number of rotatable bonds is 0. The summed E-state index contributed by atoms with van der Waals surface area (Å²) in [7, 11) is 0. The Morgan fingerprint density at radius 3 is 0.882 bits per heavy atom. The Balaban J connectivity index is 1.41. The summed E-state index contributed by atoms with van der Waals surface area (Å²) in [5, 5.41) is 0. The summed E-state index contributed by atoms with van der Waals surface area (Å²) in [6.07, 6.45) is 0. The van der Waals surface area contributed by atoms with Gasteiger partial charge in [-0.3, -0.25) is 0 Å². The topological polar surface area (TPSA) is 0 Å². The van der Waals surface area contributed by atoms with Crippen molar-refractivity contribution in [1.29, 1.82) is 0 Å². The van der Waals surface area contributed by atoms with Gasteiger partial charge in [0.25, 0.3) is 0 Å². The van der Waals surface area contributed by atoms with Crippen LogP contribution in [0.5, 0.6) is 0 Å². The van der Waals surface area contributed by atoms with Gasteiger partial charge >= 0.3 is 0 Å². The normalized spacial score (nSPS) is 13.2. The molecule has 4 aromatic carbocycles. The standard InChI is InChI=1S/C32H18S2/c1-5-13-23-19(9-1)20-10-2-6-14-24(20)31(23)29-17-27-28(33-29)18-30(34-27)32-25-15-7-3-11-21(25)22-12-4-8-16-26(22)32/h1-18H. The van der Waals surface area contributed by atoms with Crippen LogP contribution in [0.3, 0.4) is 0 Å². The lowest BCUT2D eigenvalue weighted by molar-refractivity contribution is 1.65. The lowest BCUT2D eigenvalue weighted by Gasteiger charge is -2.01. The van der Waals surface area contributed by atoms with Crippen molar-refractivity contribution >= 4 is 43.2 Å². The molecule has 2 aliphatic carbocycles. The van der Waals surface area contributed by atoms with E-state index in [1.807, 2.05) is 22.7 Å². The van der Waals surface area contributed by atoms with Gasteiger partial charge < -0.3 is 0 Å². The van der Waals surface area contributed by atoms with Gasteiger partial charge in [0.05, 0.1) is 0 Å². The molecule has 2 heteroatoms. The lowest BCUT2D eigenvalue weighted by Crippen LogP contribution is -2.01. The molecule has 158 valence electrons. The van der Waals surface area contributed by atoms with Gasteiger partial charge in [-0.1, -0.05) is 97.1 Å². The van der Waals surface area contributed by atoms with Crippen molar-refractivity contribution in [3.05, 3.63) is 141 Å². The molecule has 0 atom stereocenters. The molecule has 0 saturated carbocycles. The second-order valence-electron chi connectivity index (χ2n) is 8.88. The van der Waals surface area contributed by atoms with Crippen molar-refractivity contribution in [2.24, 2.45) is 0 Å². The van der Waals surface area contributed by atoms with Gasteiger partial charge in [-0.2, -0.15) is 0 Å². The van der Waals surface area contributed by atoms with Crippen LogP contribution in [0.2, 0.25) is 0 Å². The molecule has 2 heterocycles. The molecule has 0 bridgehead atoms. The van der Waals surface area contributed by atoms with Crippen LogP contribution in [0.4, 0.5) is 0 Å². The molecule has 2 aliphatic rings. The predicted octanol–water partition coefficient (Wildman–Crippen LogP) is 7.42. The van der Waals surface area contributed by atoms with E-state index in [9.17, 15) is 0 Å². The monoisotopic (exact) mass is 466 g/mol. The van der Waals surface area contributed by atoms with E-state index in [4.69, 9.17) is 0 Å². The molecule has 0 amide bonds. The van der Waals surface area contributed by atoms with Crippen molar-refractivity contribution in [1.82, 2.24) is 0 Å². The minimum atomic E-state index is 1.35. The summed E-state index contributed by atoms with van der Waals surface area (Å²) in [6.45, 7) is 0. The smallest absolute Gasteiger partial charge is 0.0463 e. The van der Waals surface area contributed by atoms with Crippen molar-refractivity contribution in [3.8, 4) is 22.3 Å². The average Bonchev–Trinajstić information content (AvgIpc) is 3.61. The first-order chi connectivity index (χ1) is 16.9. The zero-order valence-electron chi connectivity index (χ0n) is 18.2. The van der Waals surface area contributed by atoms with Crippen LogP contribution in [0.15, 0.2) is 109 Å². The molecular formula is C32H18S2.